The van der Waals surface area contributed by atoms with Gasteiger partial charge in [0.2, 0.25) is 0 Å². The largest absolute Gasteiger partial charge is 0.458 e. The van der Waals surface area contributed by atoms with E-state index in [1.54, 1.807) is 0 Å². The molecule has 0 aliphatic heterocycles. The Labute approximate surface area is 108 Å². The number of halogens is 6. The average Bonchev–Trinajstić information content (AvgIpc) is 2.29. The smallest absolute Gasteiger partial charge is 0.422 e. The van der Waals surface area contributed by atoms with Crippen molar-refractivity contribution >= 4 is 11.9 Å². The third kappa shape index (κ3) is 5.76. The Kier molecular flexibility index (Phi) is 5.79. The van der Waals surface area contributed by atoms with Crippen molar-refractivity contribution in [1.29, 1.82) is 0 Å². The molecule has 0 aromatic heterocycles. The van der Waals surface area contributed by atoms with Crippen molar-refractivity contribution in [3.8, 4) is 0 Å². The summed E-state index contributed by atoms with van der Waals surface area (Å²) in [5, 5.41) is 0. The molecule has 20 heavy (non-hydrogen) atoms. The van der Waals surface area contributed by atoms with Crippen molar-refractivity contribution in [2.24, 2.45) is 0 Å². The number of carbonyl (C=O) groups is 2. The molecule has 0 rings (SSSR count). The van der Waals surface area contributed by atoms with Crippen LogP contribution < -0.4 is 0 Å². The molecule has 0 heterocycles. The standard InChI is InChI=1S/C10H8F6O4/c1-5(9(11,12)13)7(17)19-3-4-20-8(18)6(2)10(14,15)16/h1-4H2. The normalized spacial score (nSPS) is 11.7. The molecule has 0 N–H and O–H groups in total. The van der Waals surface area contributed by atoms with Crippen LogP contribution in [0.5, 0.6) is 0 Å². The highest BCUT2D eigenvalue weighted by atomic mass is 19.4. The minimum absolute atomic E-state index is 0.856. The summed E-state index contributed by atoms with van der Waals surface area (Å²) in [4.78, 5) is 21.5. The molecule has 4 nitrogen and oxygen atoms in total. The van der Waals surface area contributed by atoms with E-state index in [1.165, 1.54) is 0 Å². The molecule has 0 atom stereocenters. The Morgan fingerprint density at radius 2 is 1.00 bits per heavy atom. The number of hydrogen-bond acceptors (Lipinski definition) is 4. The molecule has 0 amide bonds. The second-order valence-electron chi connectivity index (χ2n) is 3.22. The first-order valence-electron chi connectivity index (χ1n) is 4.73. The minimum atomic E-state index is -4.99. The summed E-state index contributed by atoms with van der Waals surface area (Å²) in [5.41, 5.74) is -3.58. The molecule has 0 unspecified atom stereocenters. The predicted molar refractivity (Wildman–Crippen MR) is 52.3 cm³/mol. The van der Waals surface area contributed by atoms with E-state index in [0.717, 1.165) is 0 Å². The molecule has 10 heteroatoms. The zero-order valence-electron chi connectivity index (χ0n) is 9.73. The van der Waals surface area contributed by atoms with Crippen LogP contribution in [0.3, 0.4) is 0 Å². The van der Waals surface area contributed by atoms with E-state index in [-0.39, 0.29) is 0 Å². The van der Waals surface area contributed by atoms with Gasteiger partial charge >= 0.3 is 24.3 Å². The summed E-state index contributed by atoms with van der Waals surface area (Å²) in [7, 11) is 0. The molecule has 0 saturated carbocycles. The van der Waals surface area contributed by atoms with E-state index >= 15 is 0 Å². The predicted octanol–water partition coefficient (Wildman–Crippen LogP) is 2.31. The van der Waals surface area contributed by atoms with E-state index in [1.807, 2.05) is 0 Å². The Morgan fingerprint density at radius 3 is 1.20 bits per heavy atom. The third-order valence-electron chi connectivity index (χ3n) is 1.73. The molecule has 0 saturated heterocycles. The van der Waals surface area contributed by atoms with Crippen LogP contribution in [-0.4, -0.2) is 37.5 Å². The lowest BCUT2D eigenvalue weighted by Gasteiger charge is -2.11. The Morgan fingerprint density at radius 1 is 0.750 bits per heavy atom. The van der Waals surface area contributed by atoms with Crippen molar-refractivity contribution in [3.63, 3.8) is 0 Å². The summed E-state index contributed by atoms with van der Waals surface area (Å²) in [6.07, 6.45) is -9.98. The number of hydrogen-bond donors (Lipinski definition) is 0. The minimum Gasteiger partial charge on any atom is -0.458 e. The van der Waals surface area contributed by atoms with E-state index < -0.39 is 48.7 Å². The number of rotatable bonds is 5. The van der Waals surface area contributed by atoms with E-state index in [0.29, 0.717) is 0 Å². The monoisotopic (exact) mass is 306 g/mol. The lowest BCUT2D eigenvalue weighted by molar-refractivity contribution is -0.159. The summed E-state index contributed by atoms with van der Waals surface area (Å²) in [5.74, 6) is -3.63. The van der Waals surface area contributed by atoms with Gasteiger partial charge in [-0.1, -0.05) is 13.2 Å². The van der Waals surface area contributed by atoms with Gasteiger partial charge in [0.25, 0.3) is 0 Å². The molecule has 0 aromatic carbocycles. The molecule has 0 spiro atoms. The third-order valence-corrected chi connectivity index (χ3v) is 1.73. The highest BCUT2D eigenvalue weighted by Crippen LogP contribution is 2.25. The molecule has 0 radical (unpaired) electrons. The number of esters is 2. The van der Waals surface area contributed by atoms with Crippen molar-refractivity contribution in [1.82, 2.24) is 0 Å². The van der Waals surface area contributed by atoms with Crippen LogP contribution in [0.4, 0.5) is 26.3 Å². The highest BCUT2D eigenvalue weighted by molar-refractivity contribution is 5.89. The molecule has 0 fully saturated rings. The second-order valence-corrected chi connectivity index (χ2v) is 3.22. The molecule has 0 aliphatic rings. The van der Waals surface area contributed by atoms with Crippen LogP contribution in [0.15, 0.2) is 24.3 Å². The molecular formula is C10H8F6O4. The van der Waals surface area contributed by atoms with Crippen molar-refractivity contribution in [3.05, 3.63) is 24.3 Å². The SMILES string of the molecule is C=C(C(=O)OCCOC(=O)C(=C)C(F)(F)F)C(F)(F)F. The van der Waals surface area contributed by atoms with Crippen LogP contribution in [-0.2, 0) is 19.1 Å². The number of carbonyl (C=O) groups excluding carboxylic acids is 2. The van der Waals surface area contributed by atoms with Gasteiger partial charge in [0.15, 0.2) is 0 Å². The van der Waals surface area contributed by atoms with Gasteiger partial charge in [-0.15, -0.1) is 0 Å². The fraction of sp³-hybridized carbons (Fsp3) is 0.400. The van der Waals surface area contributed by atoms with Gasteiger partial charge in [0, 0.05) is 0 Å². The molecule has 0 aromatic rings. The maximum Gasteiger partial charge on any atom is 0.422 e. The number of ether oxygens (including phenoxy) is 2. The Bertz CT molecular complexity index is 380. The molecule has 114 valence electrons. The summed E-state index contributed by atoms with van der Waals surface area (Å²) >= 11 is 0. The Balaban J connectivity index is 4.11. The summed E-state index contributed by atoms with van der Waals surface area (Å²) < 4.78 is 79.7. The van der Waals surface area contributed by atoms with Crippen LogP contribution in [0, 0.1) is 0 Å². The van der Waals surface area contributed by atoms with Gasteiger partial charge in [-0.25, -0.2) is 9.59 Å². The van der Waals surface area contributed by atoms with Crippen molar-refractivity contribution < 1.29 is 45.4 Å². The maximum absolute atomic E-state index is 12.0. The average molecular weight is 306 g/mol. The fourth-order valence-corrected chi connectivity index (χ4v) is 0.674. The molecular weight excluding hydrogens is 298 g/mol. The van der Waals surface area contributed by atoms with Crippen LogP contribution >= 0.6 is 0 Å². The zero-order chi connectivity index (χ0) is 16.1. The van der Waals surface area contributed by atoms with Gasteiger partial charge in [-0.3, -0.25) is 0 Å². The molecule has 0 aliphatic carbocycles. The number of alkyl halides is 6. The van der Waals surface area contributed by atoms with E-state index in [9.17, 15) is 35.9 Å². The lowest BCUT2D eigenvalue weighted by Crippen LogP contribution is -2.24. The van der Waals surface area contributed by atoms with Crippen molar-refractivity contribution in [2.45, 2.75) is 12.4 Å². The first-order valence-corrected chi connectivity index (χ1v) is 4.73. The van der Waals surface area contributed by atoms with E-state index in [4.69, 9.17) is 0 Å². The quantitative estimate of drug-likeness (QED) is 0.338. The summed E-state index contributed by atoms with van der Waals surface area (Å²) in [6.45, 7) is 3.15. The van der Waals surface area contributed by atoms with Crippen molar-refractivity contribution in [2.75, 3.05) is 13.2 Å². The maximum atomic E-state index is 12.0. The topological polar surface area (TPSA) is 52.6 Å². The lowest BCUT2D eigenvalue weighted by atomic mass is 10.3. The molecule has 0 bridgehead atoms. The zero-order valence-corrected chi connectivity index (χ0v) is 9.73. The van der Waals surface area contributed by atoms with Gasteiger partial charge < -0.3 is 9.47 Å². The van der Waals surface area contributed by atoms with Crippen LogP contribution in [0.1, 0.15) is 0 Å². The van der Waals surface area contributed by atoms with Crippen LogP contribution in [0.2, 0.25) is 0 Å². The fourth-order valence-electron chi connectivity index (χ4n) is 0.674. The first-order chi connectivity index (χ1) is 8.87. The van der Waals surface area contributed by atoms with Crippen LogP contribution in [0.25, 0.3) is 0 Å². The highest BCUT2D eigenvalue weighted by Gasteiger charge is 2.39. The van der Waals surface area contributed by atoms with Gasteiger partial charge in [-0.05, 0) is 0 Å². The van der Waals surface area contributed by atoms with E-state index in [2.05, 4.69) is 22.6 Å². The van der Waals surface area contributed by atoms with Gasteiger partial charge in [0.1, 0.15) is 24.4 Å². The summed E-state index contributed by atoms with van der Waals surface area (Å²) in [6, 6.07) is 0. The van der Waals surface area contributed by atoms with Gasteiger partial charge in [-0.2, -0.15) is 26.3 Å². The second kappa shape index (κ2) is 6.44. The Hall–Kier alpha value is -2.00. The van der Waals surface area contributed by atoms with Gasteiger partial charge in [0.05, 0.1) is 0 Å². The first kappa shape index (κ1) is 18.0.